The maximum atomic E-state index is 12.2. The van der Waals surface area contributed by atoms with Gasteiger partial charge in [-0.15, -0.1) is 0 Å². The molecule has 1 aliphatic heterocycles. The summed E-state index contributed by atoms with van der Waals surface area (Å²) in [7, 11) is 2.10. The molecule has 1 aliphatic rings. The lowest BCUT2D eigenvalue weighted by Gasteiger charge is -2.34. The fourth-order valence-electron chi connectivity index (χ4n) is 3.33. The number of alkyl halides is 3. The van der Waals surface area contributed by atoms with Gasteiger partial charge in [0.05, 0.1) is 6.61 Å². The zero-order valence-electron chi connectivity index (χ0n) is 18.0. The summed E-state index contributed by atoms with van der Waals surface area (Å²) in [5, 5.41) is 5.64. The van der Waals surface area contributed by atoms with Crippen LogP contribution in [-0.4, -0.2) is 61.9 Å². The molecule has 0 spiro atoms. The number of nitrogens with one attached hydrogen (secondary N) is 2. The quantitative estimate of drug-likeness (QED) is 0.646. The van der Waals surface area contributed by atoms with Crippen LogP contribution in [0, 0.1) is 0 Å². The predicted molar refractivity (Wildman–Crippen MR) is 115 cm³/mol. The molecule has 0 bridgehead atoms. The molecule has 3 rings (SSSR count). The van der Waals surface area contributed by atoms with E-state index in [1.807, 2.05) is 12.1 Å². The number of likely N-dealkylation sites (N-methyl/N-ethyl adjacent to an activating group) is 1. The third kappa shape index (κ3) is 7.69. The van der Waals surface area contributed by atoms with Gasteiger partial charge in [-0.3, -0.25) is 0 Å². The van der Waals surface area contributed by atoms with Crippen molar-refractivity contribution in [1.29, 1.82) is 0 Å². The monoisotopic (exact) mass is 451 g/mol. The van der Waals surface area contributed by atoms with Crippen LogP contribution in [-0.2, 0) is 24.4 Å². The van der Waals surface area contributed by atoms with E-state index >= 15 is 0 Å². The van der Waals surface area contributed by atoms with Crippen molar-refractivity contribution in [1.82, 2.24) is 20.5 Å². The zero-order valence-corrected chi connectivity index (χ0v) is 18.0. The third-order valence-corrected chi connectivity index (χ3v) is 5.12. The summed E-state index contributed by atoms with van der Waals surface area (Å²) in [4.78, 5) is 21.2. The Bertz CT molecular complexity index is 869. The highest BCUT2D eigenvalue weighted by molar-refractivity contribution is 5.74. The molecule has 7 nitrogen and oxygen atoms in total. The molecule has 1 fully saturated rings. The van der Waals surface area contributed by atoms with E-state index in [2.05, 4.69) is 37.2 Å². The Balaban J connectivity index is 1.43. The summed E-state index contributed by atoms with van der Waals surface area (Å²) in [6.07, 6.45) is -2.58. The van der Waals surface area contributed by atoms with Crippen LogP contribution in [0.25, 0.3) is 0 Å². The lowest BCUT2D eigenvalue weighted by Crippen LogP contribution is -2.45. The van der Waals surface area contributed by atoms with Crippen LogP contribution in [0.15, 0.2) is 42.6 Å². The molecule has 2 aromatic rings. The number of carbonyl (C=O) groups is 1. The molecule has 0 atom stereocenters. The van der Waals surface area contributed by atoms with Crippen LogP contribution in [0.5, 0.6) is 0 Å². The molecule has 1 saturated heterocycles. The molecule has 0 aliphatic carbocycles. The van der Waals surface area contributed by atoms with Gasteiger partial charge in [0.2, 0.25) is 0 Å². The standard InChI is InChI=1S/C22H28F3N5O2/c1-29-9-11-30(12-10-29)20-19(3-2-8-26-20)14-28-21(31)27-13-17-4-6-18(7-5-17)15-32-16-22(23,24)25/h2-8H,9-16H2,1H3,(H2,27,28,31). The van der Waals surface area contributed by atoms with Gasteiger partial charge < -0.3 is 25.2 Å². The Morgan fingerprint density at radius 1 is 1.03 bits per heavy atom. The molecule has 0 saturated carbocycles. The smallest absolute Gasteiger partial charge is 0.367 e. The van der Waals surface area contributed by atoms with Crippen molar-refractivity contribution in [2.24, 2.45) is 0 Å². The second-order valence-corrected chi connectivity index (χ2v) is 7.74. The van der Waals surface area contributed by atoms with Crippen LogP contribution >= 0.6 is 0 Å². The van der Waals surface area contributed by atoms with Gasteiger partial charge in [0.1, 0.15) is 12.4 Å². The van der Waals surface area contributed by atoms with E-state index in [-0.39, 0.29) is 12.6 Å². The number of halogens is 3. The third-order valence-electron chi connectivity index (χ3n) is 5.12. The number of pyridine rings is 1. The van der Waals surface area contributed by atoms with Gasteiger partial charge >= 0.3 is 12.2 Å². The highest BCUT2D eigenvalue weighted by atomic mass is 19.4. The van der Waals surface area contributed by atoms with Crippen molar-refractivity contribution in [2.45, 2.75) is 25.9 Å². The number of nitrogens with zero attached hydrogens (tertiary/aromatic N) is 3. The number of benzene rings is 1. The second kappa shape index (κ2) is 11.1. The van der Waals surface area contributed by atoms with Crippen LogP contribution < -0.4 is 15.5 Å². The first-order valence-electron chi connectivity index (χ1n) is 10.4. The summed E-state index contributed by atoms with van der Waals surface area (Å²) in [6, 6.07) is 10.4. The molecule has 1 aromatic carbocycles. The van der Waals surface area contributed by atoms with E-state index in [4.69, 9.17) is 0 Å². The van der Waals surface area contributed by atoms with Crippen LogP contribution in [0.1, 0.15) is 16.7 Å². The van der Waals surface area contributed by atoms with Crippen molar-refractivity contribution in [3.05, 3.63) is 59.3 Å². The number of ether oxygens (including phenoxy) is 1. The van der Waals surface area contributed by atoms with Crippen LogP contribution in [0.2, 0.25) is 0 Å². The first kappa shape index (κ1) is 23.8. The average Bonchev–Trinajstić information content (AvgIpc) is 2.77. The van der Waals surface area contributed by atoms with E-state index in [0.29, 0.717) is 18.7 Å². The SMILES string of the molecule is CN1CCN(c2ncccc2CNC(=O)NCc2ccc(COCC(F)(F)F)cc2)CC1. The van der Waals surface area contributed by atoms with Crippen LogP contribution in [0.4, 0.5) is 23.8 Å². The summed E-state index contributed by atoms with van der Waals surface area (Å²) in [6.45, 7) is 2.99. The summed E-state index contributed by atoms with van der Waals surface area (Å²) in [5.74, 6) is 0.893. The summed E-state index contributed by atoms with van der Waals surface area (Å²) >= 11 is 0. The van der Waals surface area contributed by atoms with Crippen molar-refractivity contribution in [3.8, 4) is 0 Å². The number of hydrogen-bond acceptors (Lipinski definition) is 5. The number of urea groups is 1. The van der Waals surface area contributed by atoms with Crippen molar-refractivity contribution >= 4 is 11.8 Å². The fraction of sp³-hybridized carbons (Fsp3) is 0.455. The first-order chi connectivity index (χ1) is 15.3. The zero-order chi connectivity index (χ0) is 23.0. The number of anilines is 1. The lowest BCUT2D eigenvalue weighted by molar-refractivity contribution is -0.176. The van der Waals surface area contributed by atoms with Crippen molar-refractivity contribution in [3.63, 3.8) is 0 Å². The first-order valence-corrected chi connectivity index (χ1v) is 10.4. The largest absolute Gasteiger partial charge is 0.411 e. The molecule has 0 unspecified atom stereocenters. The molecular formula is C22H28F3N5O2. The van der Waals surface area contributed by atoms with Crippen molar-refractivity contribution < 1.29 is 22.7 Å². The number of amides is 2. The maximum Gasteiger partial charge on any atom is 0.411 e. The molecule has 2 amide bonds. The molecule has 32 heavy (non-hydrogen) atoms. The van der Waals surface area contributed by atoms with E-state index in [0.717, 1.165) is 43.1 Å². The van der Waals surface area contributed by atoms with Gasteiger partial charge in [-0.05, 0) is 24.2 Å². The Labute approximate surface area is 185 Å². The molecular weight excluding hydrogens is 423 g/mol. The number of piperazine rings is 1. The van der Waals surface area contributed by atoms with Gasteiger partial charge in [-0.1, -0.05) is 30.3 Å². The minimum Gasteiger partial charge on any atom is -0.367 e. The van der Waals surface area contributed by atoms with E-state index < -0.39 is 12.8 Å². The van der Waals surface area contributed by atoms with E-state index in [1.165, 1.54) is 0 Å². The van der Waals surface area contributed by atoms with Gasteiger partial charge in [-0.2, -0.15) is 13.2 Å². The average molecular weight is 451 g/mol. The molecule has 2 heterocycles. The topological polar surface area (TPSA) is 69.7 Å². The second-order valence-electron chi connectivity index (χ2n) is 7.74. The molecule has 174 valence electrons. The Kier molecular flexibility index (Phi) is 8.29. The van der Waals surface area contributed by atoms with Gasteiger partial charge in [0.25, 0.3) is 0 Å². The summed E-state index contributed by atoms with van der Waals surface area (Å²) < 4.78 is 41.0. The van der Waals surface area contributed by atoms with Gasteiger partial charge in [-0.25, -0.2) is 9.78 Å². The van der Waals surface area contributed by atoms with Crippen molar-refractivity contribution in [2.75, 3.05) is 44.7 Å². The minimum atomic E-state index is -4.34. The number of carbonyl (C=O) groups excluding carboxylic acids is 1. The number of aromatic nitrogens is 1. The molecule has 2 N–H and O–H groups in total. The minimum absolute atomic E-state index is 0.117. The number of hydrogen-bond donors (Lipinski definition) is 2. The van der Waals surface area contributed by atoms with Gasteiger partial charge in [0, 0.05) is 51.0 Å². The molecule has 0 radical (unpaired) electrons. The van der Waals surface area contributed by atoms with E-state index in [1.54, 1.807) is 30.5 Å². The Hall–Kier alpha value is -2.85. The fourth-order valence-corrected chi connectivity index (χ4v) is 3.33. The van der Waals surface area contributed by atoms with Gasteiger partial charge in [0.15, 0.2) is 0 Å². The maximum absolute atomic E-state index is 12.2. The highest BCUT2D eigenvalue weighted by Gasteiger charge is 2.27. The van der Waals surface area contributed by atoms with Crippen LogP contribution in [0.3, 0.4) is 0 Å². The Morgan fingerprint density at radius 3 is 2.38 bits per heavy atom. The Morgan fingerprint density at radius 2 is 1.69 bits per heavy atom. The lowest BCUT2D eigenvalue weighted by atomic mass is 10.1. The summed E-state index contributed by atoms with van der Waals surface area (Å²) in [5.41, 5.74) is 2.42. The predicted octanol–water partition coefficient (Wildman–Crippen LogP) is 2.91. The van der Waals surface area contributed by atoms with E-state index in [9.17, 15) is 18.0 Å². The highest BCUT2D eigenvalue weighted by Crippen LogP contribution is 2.19. The molecule has 1 aromatic heterocycles. The number of rotatable bonds is 8. The molecule has 10 heteroatoms. The normalized spacial score (nSPS) is 14.9.